The minimum absolute atomic E-state index is 0.330. The predicted molar refractivity (Wildman–Crippen MR) is 93.9 cm³/mol. The Morgan fingerprint density at radius 1 is 1.27 bits per heavy atom. The molecular weight excluding hydrogens is 334 g/mol. The van der Waals surface area contributed by atoms with Gasteiger partial charge in [-0.1, -0.05) is 0 Å². The van der Waals surface area contributed by atoms with E-state index in [0.717, 1.165) is 38.8 Å². The van der Waals surface area contributed by atoms with Gasteiger partial charge in [0.2, 0.25) is 5.88 Å². The molecule has 1 saturated heterocycles. The lowest BCUT2D eigenvalue weighted by atomic mass is 9.85. The standard InChI is InChI=1S/C18H25N5O3/c1-13-20-15(11-19)10-17(21-13)26-12-14-2-4-16(5-3-14)22-6-8-23(9-7-22)18(24)25/h10,14,16H,2-9,12H2,1H3,(H,24,25). The molecule has 2 heterocycles. The number of amides is 1. The highest BCUT2D eigenvalue weighted by atomic mass is 16.5. The quantitative estimate of drug-likeness (QED) is 0.875. The number of rotatable bonds is 4. The first-order valence-corrected chi connectivity index (χ1v) is 9.15. The van der Waals surface area contributed by atoms with E-state index in [4.69, 9.17) is 15.1 Å². The smallest absolute Gasteiger partial charge is 0.407 e. The van der Waals surface area contributed by atoms with Crippen molar-refractivity contribution in [3.8, 4) is 11.9 Å². The van der Waals surface area contributed by atoms with Gasteiger partial charge in [-0.3, -0.25) is 4.90 Å². The topological polar surface area (TPSA) is 103 Å². The predicted octanol–water partition coefficient (Wildman–Crippen LogP) is 1.89. The Bertz CT molecular complexity index is 674. The van der Waals surface area contributed by atoms with E-state index < -0.39 is 6.09 Å². The summed E-state index contributed by atoms with van der Waals surface area (Å²) in [6, 6.07) is 4.16. The summed E-state index contributed by atoms with van der Waals surface area (Å²) < 4.78 is 5.80. The average molecular weight is 359 g/mol. The molecule has 1 aliphatic heterocycles. The van der Waals surface area contributed by atoms with Crippen molar-refractivity contribution in [3.63, 3.8) is 0 Å². The molecule has 3 rings (SSSR count). The molecule has 140 valence electrons. The molecule has 2 aliphatic rings. The normalized spacial score (nSPS) is 24.1. The summed E-state index contributed by atoms with van der Waals surface area (Å²) in [6.45, 7) is 5.23. The van der Waals surface area contributed by atoms with Crippen LogP contribution in [0.15, 0.2) is 6.07 Å². The van der Waals surface area contributed by atoms with Gasteiger partial charge >= 0.3 is 6.09 Å². The van der Waals surface area contributed by atoms with Crippen LogP contribution in [0.1, 0.15) is 37.2 Å². The summed E-state index contributed by atoms with van der Waals surface area (Å²) in [6.07, 6.45) is 3.61. The van der Waals surface area contributed by atoms with Crippen molar-refractivity contribution in [3.05, 3.63) is 17.6 Å². The summed E-state index contributed by atoms with van der Waals surface area (Å²) >= 11 is 0. The fourth-order valence-corrected chi connectivity index (χ4v) is 3.83. The van der Waals surface area contributed by atoms with Gasteiger partial charge in [-0.2, -0.15) is 10.2 Å². The Labute approximate surface area is 153 Å². The van der Waals surface area contributed by atoms with Crippen LogP contribution in [0, 0.1) is 24.2 Å². The molecule has 1 N–H and O–H groups in total. The van der Waals surface area contributed by atoms with Crippen LogP contribution < -0.4 is 4.74 Å². The van der Waals surface area contributed by atoms with E-state index in [-0.39, 0.29) is 0 Å². The molecule has 1 saturated carbocycles. The van der Waals surface area contributed by atoms with Crippen LogP contribution in [0.3, 0.4) is 0 Å². The van der Waals surface area contributed by atoms with E-state index in [1.807, 2.05) is 6.07 Å². The van der Waals surface area contributed by atoms with Gasteiger partial charge < -0.3 is 14.7 Å². The van der Waals surface area contributed by atoms with Crippen LogP contribution >= 0.6 is 0 Å². The third kappa shape index (κ3) is 4.61. The molecule has 8 heteroatoms. The van der Waals surface area contributed by atoms with Crippen molar-refractivity contribution in [2.45, 2.75) is 38.6 Å². The third-order valence-electron chi connectivity index (χ3n) is 5.31. The Balaban J connectivity index is 1.42. The summed E-state index contributed by atoms with van der Waals surface area (Å²) in [4.78, 5) is 23.2. The molecule has 1 aromatic heterocycles. The van der Waals surface area contributed by atoms with E-state index in [1.165, 1.54) is 4.90 Å². The largest absolute Gasteiger partial charge is 0.477 e. The number of hydrogen-bond donors (Lipinski definition) is 1. The molecule has 0 radical (unpaired) electrons. The summed E-state index contributed by atoms with van der Waals surface area (Å²) in [5.41, 5.74) is 0.330. The molecule has 0 spiro atoms. The van der Waals surface area contributed by atoms with Gasteiger partial charge in [-0.25, -0.2) is 9.78 Å². The second-order valence-corrected chi connectivity index (χ2v) is 7.04. The molecule has 0 bridgehead atoms. The number of aryl methyl sites for hydroxylation is 1. The summed E-state index contributed by atoms with van der Waals surface area (Å²) in [5, 5.41) is 18.0. The van der Waals surface area contributed by atoms with E-state index >= 15 is 0 Å². The maximum atomic E-state index is 11.0. The average Bonchev–Trinajstić information content (AvgIpc) is 2.66. The fraction of sp³-hybridized carbons (Fsp3) is 0.667. The van der Waals surface area contributed by atoms with Crippen molar-refractivity contribution in [1.29, 1.82) is 5.26 Å². The van der Waals surface area contributed by atoms with E-state index in [1.54, 1.807) is 13.0 Å². The lowest BCUT2D eigenvalue weighted by molar-refractivity contribution is 0.0616. The summed E-state index contributed by atoms with van der Waals surface area (Å²) in [5.74, 6) is 1.51. The Morgan fingerprint density at radius 2 is 1.96 bits per heavy atom. The van der Waals surface area contributed by atoms with Crippen molar-refractivity contribution >= 4 is 6.09 Å². The molecule has 26 heavy (non-hydrogen) atoms. The van der Waals surface area contributed by atoms with Crippen LogP contribution in [0.4, 0.5) is 4.79 Å². The highest BCUT2D eigenvalue weighted by Gasteiger charge is 2.29. The molecule has 2 fully saturated rings. The number of hydrogen-bond acceptors (Lipinski definition) is 6. The Kier molecular flexibility index (Phi) is 5.89. The van der Waals surface area contributed by atoms with Gasteiger partial charge in [0.15, 0.2) is 0 Å². The van der Waals surface area contributed by atoms with Crippen LogP contribution in [-0.4, -0.2) is 69.8 Å². The Hall–Kier alpha value is -2.40. The zero-order valence-electron chi connectivity index (χ0n) is 15.1. The zero-order valence-corrected chi connectivity index (χ0v) is 15.1. The number of nitrogens with zero attached hydrogens (tertiary/aromatic N) is 5. The minimum atomic E-state index is -0.815. The van der Waals surface area contributed by atoms with Gasteiger partial charge in [-0.15, -0.1) is 0 Å². The van der Waals surface area contributed by atoms with E-state index in [9.17, 15) is 4.79 Å². The summed E-state index contributed by atoms with van der Waals surface area (Å²) in [7, 11) is 0. The monoisotopic (exact) mass is 359 g/mol. The zero-order chi connectivity index (χ0) is 18.5. The van der Waals surface area contributed by atoms with Crippen LogP contribution in [0.5, 0.6) is 5.88 Å². The van der Waals surface area contributed by atoms with Gasteiger partial charge in [0.05, 0.1) is 6.61 Å². The maximum absolute atomic E-state index is 11.0. The van der Waals surface area contributed by atoms with Crippen LogP contribution in [-0.2, 0) is 0 Å². The first kappa shape index (κ1) is 18.4. The molecule has 0 atom stereocenters. The van der Waals surface area contributed by atoms with Crippen molar-refractivity contribution < 1.29 is 14.6 Å². The first-order valence-electron chi connectivity index (χ1n) is 9.15. The lowest BCUT2D eigenvalue weighted by Crippen LogP contribution is -2.52. The molecule has 0 aromatic carbocycles. The van der Waals surface area contributed by atoms with E-state index in [0.29, 0.717) is 49.1 Å². The van der Waals surface area contributed by atoms with Gasteiger partial charge in [0.1, 0.15) is 17.6 Å². The minimum Gasteiger partial charge on any atom is -0.477 e. The number of ether oxygens (including phenoxy) is 1. The van der Waals surface area contributed by atoms with Crippen molar-refractivity contribution in [1.82, 2.24) is 19.8 Å². The molecule has 8 nitrogen and oxygen atoms in total. The van der Waals surface area contributed by atoms with E-state index in [2.05, 4.69) is 14.9 Å². The number of nitriles is 1. The highest BCUT2D eigenvalue weighted by Crippen LogP contribution is 2.28. The van der Waals surface area contributed by atoms with Gasteiger partial charge in [-0.05, 0) is 38.5 Å². The number of carbonyl (C=O) groups is 1. The molecule has 1 aromatic rings. The van der Waals surface area contributed by atoms with Crippen LogP contribution in [0.2, 0.25) is 0 Å². The molecule has 1 aliphatic carbocycles. The highest BCUT2D eigenvalue weighted by molar-refractivity contribution is 5.65. The van der Waals surface area contributed by atoms with Crippen molar-refractivity contribution in [2.75, 3.05) is 32.8 Å². The van der Waals surface area contributed by atoms with Crippen LogP contribution in [0.25, 0.3) is 0 Å². The number of aromatic nitrogens is 2. The second kappa shape index (κ2) is 8.32. The fourth-order valence-electron chi connectivity index (χ4n) is 3.83. The van der Waals surface area contributed by atoms with Gasteiger partial charge in [0.25, 0.3) is 0 Å². The molecular formula is C18H25N5O3. The van der Waals surface area contributed by atoms with Gasteiger partial charge in [0, 0.05) is 38.3 Å². The third-order valence-corrected chi connectivity index (χ3v) is 5.31. The maximum Gasteiger partial charge on any atom is 0.407 e. The first-order chi connectivity index (χ1) is 12.5. The lowest BCUT2D eigenvalue weighted by Gasteiger charge is -2.41. The molecule has 0 unspecified atom stereocenters. The number of piperazine rings is 1. The number of carboxylic acid groups (broad SMARTS) is 1. The second-order valence-electron chi connectivity index (χ2n) is 7.04. The Morgan fingerprint density at radius 3 is 2.58 bits per heavy atom. The van der Waals surface area contributed by atoms with Crippen molar-refractivity contribution in [2.24, 2.45) is 5.92 Å². The SMILES string of the molecule is Cc1nc(C#N)cc(OCC2CCC(N3CCN(C(=O)O)CC3)CC2)n1. The molecule has 1 amide bonds.